The Morgan fingerprint density at radius 2 is 2.12 bits per heavy atom. The van der Waals surface area contributed by atoms with Gasteiger partial charge in [-0.1, -0.05) is 18.2 Å². The Kier molecular flexibility index (Phi) is 6.36. The second kappa shape index (κ2) is 8.28. The number of hydrogen-bond acceptors (Lipinski definition) is 7. The molecule has 0 amide bonds. The zero-order valence-electron chi connectivity index (χ0n) is 13.9. The Morgan fingerprint density at radius 1 is 1.38 bits per heavy atom. The molecular weight excluding hydrogens is 313 g/mol. The summed E-state index contributed by atoms with van der Waals surface area (Å²) >= 11 is 0. The van der Waals surface area contributed by atoms with Gasteiger partial charge < -0.3 is 24.9 Å². The van der Waals surface area contributed by atoms with Crippen LogP contribution in [0.1, 0.15) is 37.5 Å². The Bertz CT molecular complexity index is 608. The predicted octanol–water partition coefficient (Wildman–Crippen LogP) is -0.168. The van der Waals surface area contributed by atoms with E-state index in [2.05, 4.69) is 0 Å². The summed E-state index contributed by atoms with van der Waals surface area (Å²) in [4.78, 5) is 22.1. The average molecular weight is 335 g/mol. The summed E-state index contributed by atoms with van der Waals surface area (Å²) in [5.41, 5.74) is 8.17. The van der Waals surface area contributed by atoms with Crippen molar-refractivity contribution in [2.24, 2.45) is 5.73 Å². The SMILES string of the molecule is CC(=O)OC[C@H](CCc1cccc2c1B(O)O[C@@H]2CN)OC(C)=O. The molecule has 0 spiro atoms. The third kappa shape index (κ3) is 4.56. The van der Waals surface area contributed by atoms with E-state index in [0.29, 0.717) is 12.8 Å². The van der Waals surface area contributed by atoms with Crippen molar-refractivity contribution in [1.29, 1.82) is 0 Å². The number of carbonyl (C=O) groups is 2. The number of aryl methyl sites for hydroxylation is 1. The fourth-order valence-electron chi connectivity index (χ4n) is 2.85. The lowest BCUT2D eigenvalue weighted by atomic mass is 9.75. The lowest BCUT2D eigenvalue weighted by Crippen LogP contribution is -2.32. The van der Waals surface area contributed by atoms with Crippen LogP contribution in [0.4, 0.5) is 0 Å². The van der Waals surface area contributed by atoms with E-state index in [4.69, 9.17) is 19.9 Å². The van der Waals surface area contributed by atoms with Gasteiger partial charge in [0.05, 0.1) is 6.10 Å². The van der Waals surface area contributed by atoms with Gasteiger partial charge in [0.1, 0.15) is 12.7 Å². The number of carbonyl (C=O) groups excluding carboxylic acids is 2. The van der Waals surface area contributed by atoms with Crippen LogP contribution in [-0.2, 0) is 30.1 Å². The number of nitrogens with two attached hydrogens (primary N) is 1. The quantitative estimate of drug-likeness (QED) is 0.526. The molecule has 0 radical (unpaired) electrons. The van der Waals surface area contributed by atoms with E-state index >= 15 is 0 Å². The highest BCUT2D eigenvalue weighted by Crippen LogP contribution is 2.24. The largest absolute Gasteiger partial charge is 0.492 e. The first-order valence-corrected chi connectivity index (χ1v) is 7.88. The highest BCUT2D eigenvalue weighted by molar-refractivity contribution is 6.62. The van der Waals surface area contributed by atoms with E-state index in [-0.39, 0.29) is 19.3 Å². The lowest BCUT2D eigenvalue weighted by molar-refractivity contribution is -0.156. The predicted molar refractivity (Wildman–Crippen MR) is 87.4 cm³/mol. The molecule has 1 aromatic carbocycles. The molecule has 1 aromatic rings. The van der Waals surface area contributed by atoms with Crippen molar-refractivity contribution in [2.75, 3.05) is 13.2 Å². The Morgan fingerprint density at radius 3 is 2.75 bits per heavy atom. The summed E-state index contributed by atoms with van der Waals surface area (Å²) in [6, 6.07) is 5.65. The van der Waals surface area contributed by atoms with Crippen LogP contribution in [0.25, 0.3) is 0 Å². The molecule has 0 unspecified atom stereocenters. The van der Waals surface area contributed by atoms with Gasteiger partial charge in [-0.05, 0) is 29.4 Å². The van der Waals surface area contributed by atoms with Crippen LogP contribution in [0.3, 0.4) is 0 Å². The Balaban J connectivity index is 2.08. The molecule has 2 atom stereocenters. The number of hydrogen-bond donors (Lipinski definition) is 2. The van der Waals surface area contributed by atoms with Crippen LogP contribution in [0.5, 0.6) is 0 Å². The highest BCUT2D eigenvalue weighted by atomic mass is 16.6. The molecule has 1 aliphatic rings. The van der Waals surface area contributed by atoms with Crippen molar-refractivity contribution >= 4 is 24.5 Å². The normalized spacial score (nSPS) is 17.3. The van der Waals surface area contributed by atoms with Crippen molar-refractivity contribution in [1.82, 2.24) is 0 Å². The van der Waals surface area contributed by atoms with Crippen LogP contribution < -0.4 is 11.2 Å². The van der Waals surface area contributed by atoms with E-state index < -0.39 is 25.2 Å². The first-order valence-electron chi connectivity index (χ1n) is 7.88. The molecule has 7 nitrogen and oxygen atoms in total. The second-order valence-corrected chi connectivity index (χ2v) is 5.71. The average Bonchev–Trinajstić information content (AvgIpc) is 2.86. The van der Waals surface area contributed by atoms with Gasteiger partial charge in [0.15, 0.2) is 0 Å². The van der Waals surface area contributed by atoms with Gasteiger partial charge >= 0.3 is 19.1 Å². The molecule has 1 aliphatic heterocycles. The van der Waals surface area contributed by atoms with Crippen LogP contribution in [0.15, 0.2) is 18.2 Å². The minimum absolute atomic E-state index is 0.00835. The van der Waals surface area contributed by atoms with Gasteiger partial charge in [0.2, 0.25) is 0 Å². The summed E-state index contributed by atoms with van der Waals surface area (Å²) in [7, 11) is -1.01. The number of ether oxygens (including phenoxy) is 2. The molecular formula is C16H22BNO6. The number of rotatable bonds is 7. The number of esters is 2. The topological polar surface area (TPSA) is 108 Å². The smallest absolute Gasteiger partial charge is 0.462 e. The molecule has 0 aromatic heterocycles. The van der Waals surface area contributed by atoms with Gasteiger partial charge in [0, 0.05) is 20.4 Å². The standard InChI is InChI=1S/C16H22BNO6/c1-10(19)22-9-13(23-11(2)20)7-6-12-4-3-5-14-15(8-18)24-17(21)16(12)14/h3-5,13,15,21H,6-9,18H2,1-2H3/t13-,15+/m0/s1. The lowest BCUT2D eigenvalue weighted by Gasteiger charge is -2.17. The molecule has 0 bridgehead atoms. The second-order valence-electron chi connectivity index (χ2n) is 5.71. The maximum Gasteiger partial charge on any atom is 0.492 e. The third-order valence-corrected chi connectivity index (χ3v) is 3.87. The monoisotopic (exact) mass is 335 g/mol. The molecule has 3 N–H and O–H groups in total. The van der Waals surface area contributed by atoms with Gasteiger partial charge in [-0.25, -0.2) is 0 Å². The Hall–Kier alpha value is -1.90. The molecule has 0 saturated carbocycles. The van der Waals surface area contributed by atoms with E-state index in [1.165, 1.54) is 13.8 Å². The fourth-order valence-corrected chi connectivity index (χ4v) is 2.85. The molecule has 8 heteroatoms. The molecule has 1 heterocycles. The van der Waals surface area contributed by atoms with Gasteiger partial charge in [-0.2, -0.15) is 0 Å². The molecule has 130 valence electrons. The maximum absolute atomic E-state index is 11.2. The Labute approximate surface area is 141 Å². The van der Waals surface area contributed by atoms with Crippen LogP contribution in [-0.4, -0.2) is 43.3 Å². The maximum atomic E-state index is 11.2. The molecule has 2 rings (SSSR count). The fraction of sp³-hybridized carbons (Fsp3) is 0.500. The summed E-state index contributed by atoms with van der Waals surface area (Å²) < 4.78 is 15.6. The van der Waals surface area contributed by atoms with Crippen molar-refractivity contribution in [3.05, 3.63) is 29.3 Å². The zero-order chi connectivity index (χ0) is 17.7. The third-order valence-electron chi connectivity index (χ3n) is 3.87. The summed E-state index contributed by atoms with van der Waals surface area (Å²) in [5.74, 6) is -0.862. The van der Waals surface area contributed by atoms with E-state index in [1.807, 2.05) is 18.2 Å². The molecule has 24 heavy (non-hydrogen) atoms. The van der Waals surface area contributed by atoms with Crippen LogP contribution in [0.2, 0.25) is 0 Å². The minimum atomic E-state index is -1.01. The van der Waals surface area contributed by atoms with Gasteiger partial charge in [0.25, 0.3) is 0 Å². The van der Waals surface area contributed by atoms with E-state index in [0.717, 1.165) is 16.6 Å². The first kappa shape index (κ1) is 18.4. The number of fused-ring (bicyclic) bond motifs is 1. The van der Waals surface area contributed by atoms with E-state index in [9.17, 15) is 14.6 Å². The number of benzene rings is 1. The zero-order valence-corrected chi connectivity index (χ0v) is 13.9. The van der Waals surface area contributed by atoms with Crippen molar-refractivity contribution < 1.29 is 28.7 Å². The molecule has 0 aliphatic carbocycles. The summed E-state index contributed by atoms with van der Waals surface area (Å²) in [6.45, 7) is 2.91. The van der Waals surface area contributed by atoms with E-state index in [1.54, 1.807) is 0 Å². The minimum Gasteiger partial charge on any atom is -0.462 e. The molecule has 0 fully saturated rings. The highest BCUT2D eigenvalue weighted by Gasteiger charge is 2.36. The molecule has 0 saturated heterocycles. The van der Waals surface area contributed by atoms with Gasteiger partial charge in [-0.15, -0.1) is 0 Å². The summed E-state index contributed by atoms with van der Waals surface area (Å²) in [5, 5.41) is 10.1. The van der Waals surface area contributed by atoms with Crippen molar-refractivity contribution in [3.63, 3.8) is 0 Å². The first-order chi connectivity index (χ1) is 11.4. The van der Waals surface area contributed by atoms with Crippen molar-refractivity contribution in [2.45, 2.75) is 38.9 Å². The van der Waals surface area contributed by atoms with Crippen LogP contribution in [0, 0.1) is 0 Å². The van der Waals surface area contributed by atoms with Crippen LogP contribution >= 0.6 is 0 Å². The summed E-state index contributed by atoms with van der Waals surface area (Å²) in [6.07, 6.45) is 0.149. The van der Waals surface area contributed by atoms with Crippen molar-refractivity contribution in [3.8, 4) is 0 Å². The van der Waals surface area contributed by atoms with Gasteiger partial charge in [-0.3, -0.25) is 9.59 Å².